The van der Waals surface area contributed by atoms with Crippen LogP contribution in [-0.2, 0) is 4.74 Å². The van der Waals surface area contributed by atoms with Crippen molar-refractivity contribution in [3.63, 3.8) is 0 Å². The van der Waals surface area contributed by atoms with E-state index < -0.39 is 0 Å². The number of unbranched alkanes of at least 4 members (excludes halogenated alkanes) is 3. The Morgan fingerprint density at radius 3 is 2.72 bits per heavy atom. The van der Waals surface area contributed by atoms with E-state index in [2.05, 4.69) is 49.4 Å². The van der Waals surface area contributed by atoms with Crippen molar-refractivity contribution in [3.8, 4) is 0 Å². The van der Waals surface area contributed by atoms with Crippen LogP contribution < -0.4 is 0 Å². The third kappa shape index (κ3) is 3.99. The van der Waals surface area contributed by atoms with E-state index in [4.69, 9.17) is 4.74 Å². The van der Waals surface area contributed by atoms with Gasteiger partial charge < -0.3 is 4.74 Å². The Morgan fingerprint density at radius 2 is 1.94 bits per heavy atom. The van der Waals surface area contributed by atoms with Crippen molar-refractivity contribution in [2.75, 3.05) is 0 Å². The molecule has 2 rings (SSSR count). The second-order valence-corrected chi connectivity index (χ2v) is 5.09. The maximum atomic E-state index is 6.17. The summed E-state index contributed by atoms with van der Waals surface area (Å²) in [5.41, 5.74) is 1.31. The molecule has 1 aromatic rings. The van der Waals surface area contributed by atoms with Crippen molar-refractivity contribution < 1.29 is 4.74 Å². The third-order valence-corrected chi connectivity index (χ3v) is 3.55. The Balaban J connectivity index is 1.81. The Kier molecular flexibility index (Phi) is 5.47. The molecule has 0 spiro atoms. The minimum Gasteiger partial charge on any atom is -0.366 e. The van der Waals surface area contributed by atoms with Crippen LogP contribution in [-0.4, -0.2) is 6.10 Å². The maximum Gasteiger partial charge on any atom is 0.0867 e. The molecule has 2 atom stereocenters. The minimum absolute atomic E-state index is 0.257. The molecule has 0 aromatic heterocycles. The molecule has 0 bridgehead atoms. The zero-order chi connectivity index (χ0) is 12.6. The lowest BCUT2D eigenvalue weighted by Gasteiger charge is -2.26. The van der Waals surface area contributed by atoms with Crippen LogP contribution in [0.25, 0.3) is 0 Å². The molecule has 1 heterocycles. The van der Waals surface area contributed by atoms with E-state index in [-0.39, 0.29) is 6.10 Å². The first kappa shape index (κ1) is 13.4. The zero-order valence-corrected chi connectivity index (χ0v) is 11.3. The largest absolute Gasteiger partial charge is 0.366 e. The highest BCUT2D eigenvalue weighted by Crippen LogP contribution is 2.28. The first-order valence-corrected chi connectivity index (χ1v) is 7.27. The molecule has 0 amide bonds. The number of hydrogen-bond acceptors (Lipinski definition) is 1. The number of ether oxygens (including phenoxy) is 1. The van der Waals surface area contributed by atoms with E-state index in [0.29, 0.717) is 6.10 Å². The molecule has 18 heavy (non-hydrogen) atoms. The lowest BCUT2D eigenvalue weighted by atomic mass is 10.0. The minimum atomic E-state index is 0.257. The Labute approximate surface area is 111 Å². The van der Waals surface area contributed by atoms with Gasteiger partial charge in [-0.15, -0.1) is 0 Å². The smallest absolute Gasteiger partial charge is 0.0867 e. The molecule has 1 nitrogen and oxygen atoms in total. The van der Waals surface area contributed by atoms with Crippen LogP contribution >= 0.6 is 0 Å². The van der Waals surface area contributed by atoms with Gasteiger partial charge in [-0.3, -0.25) is 0 Å². The topological polar surface area (TPSA) is 9.23 Å². The summed E-state index contributed by atoms with van der Waals surface area (Å²) in [6, 6.07) is 10.6. The van der Waals surface area contributed by atoms with Gasteiger partial charge in [-0.05, 0) is 18.4 Å². The first-order valence-electron chi connectivity index (χ1n) is 7.27. The summed E-state index contributed by atoms with van der Waals surface area (Å²) in [5, 5.41) is 0. The summed E-state index contributed by atoms with van der Waals surface area (Å²) in [5.74, 6) is 0. The molecule has 98 valence electrons. The fourth-order valence-corrected chi connectivity index (χ4v) is 2.48. The molecule has 1 aliphatic heterocycles. The molecule has 0 saturated carbocycles. The predicted molar refractivity (Wildman–Crippen MR) is 76.6 cm³/mol. The summed E-state index contributed by atoms with van der Waals surface area (Å²) in [6.45, 7) is 2.25. The van der Waals surface area contributed by atoms with Gasteiger partial charge in [0, 0.05) is 0 Å². The molecule has 1 aromatic carbocycles. The third-order valence-electron chi connectivity index (χ3n) is 3.55. The molecular weight excluding hydrogens is 220 g/mol. The number of benzene rings is 1. The summed E-state index contributed by atoms with van der Waals surface area (Å²) >= 11 is 0. The Morgan fingerprint density at radius 1 is 1.11 bits per heavy atom. The molecule has 0 saturated heterocycles. The Hall–Kier alpha value is -1.08. The Bertz CT molecular complexity index is 355. The van der Waals surface area contributed by atoms with Crippen molar-refractivity contribution >= 4 is 0 Å². The highest BCUT2D eigenvalue weighted by atomic mass is 16.5. The van der Waals surface area contributed by atoms with Crippen LogP contribution in [0, 0.1) is 0 Å². The molecule has 0 unspecified atom stereocenters. The highest BCUT2D eigenvalue weighted by molar-refractivity contribution is 5.19. The van der Waals surface area contributed by atoms with Gasteiger partial charge in [0.2, 0.25) is 0 Å². The SMILES string of the molecule is CCCCCC[C@@H]1C=CC[C@H](c2ccccc2)O1. The quantitative estimate of drug-likeness (QED) is 0.503. The highest BCUT2D eigenvalue weighted by Gasteiger charge is 2.18. The van der Waals surface area contributed by atoms with Gasteiger partial charge in [-0.25, -0.2) is 0 Å². The average molecular weight is 244 g/mol. The van der Waals surface area contributed by atoms with Gasteiger partial charge in [-0.1, -0.05) is 75.1 Å². The van der Waals surface area contributed by atoms with Crippen molar-refractivity contribution in [1.29, 1.82) is 0 Å². The van der Waals surface area contributed by atoms with Crippen LogP contribution in [0.3, 0.4) is 0 Å². The monoisotopic (exact) mass is 244 g/mol. The summed E-state index contributed by atoms with van der Waals surface area (Å²) in [4.78, 5) is 0. The van der Waals surface area contributed by atoms with Gasteiger partial charge in [-0.2, -0.15) is 0 Å². The summed E-state index contributed by atoms with van der Waals surface area (Å²) < 4.78 is 6.17. The summed E-state index contributed by atoms with van der Waals surface area (Å²) in [7, 11) is 0. The number of hydrogen-bond donors (Lipinski definition) is 0. The van der Waals surface area contributed by atoms with Gasteiger partial charge >= 0.3 is 0 Å². The lowest BCUT2D eigenvalue weighted by Crippen LogP contribution is -2.18. The van der Waals surface area contributed by atoms with Crippen molar-refractivity contribution in [2.45, 2.75) is 57.7 Å². The molecule has 1 heteroatoms. The maximum absolute atomic E-state index is 6.17. The van der Waals surface area contributed by atoms with E-state index in [1.807, 2.05) is 0 Å². The van der Waals surface area contributed by atoms with E-state index in [0.717, 1.165) is 6.42 Å². The van der Waals surface area contributed by atoms with Crippen molar-refractivity contribution in [1.82, 2.24) is 0 Å². The molecule has 1 aliphatic rings. The average Bonchev–Trinajstić information content (AvgIpc) is 2.45. The fraction of sp³-hybridized carbons (Fsp3) is 0.529. The van der Waals surface area contributed by atoms with E-state index in [1.54, 1.807) is 0 Å². The van der Waals surface area contributed by atoms with Gasteiger partial charge in [0.15, 0.2) is 0 Å². The zero-order valence-electron chi connectivity index (χ0n) is 11.3. The van der Waals surface area contributed by atoms with Crippen LogP contribution in [0.4, 0.5) is 0 Å². The fourth-order valence-electron chi connectivity index (χ4n) is 2.48. The van der Waals surface area contributed by atoms with Gasteiger partial charge in [0.1, 0.15) is 0 Å². The normalized spacial score (nSPS) is 23.2. The molecular formula is C17H24O. The summed E-state index contributed by atoms with van der Waals surface area (Å²) in [6.07, 6.45) is 12.5. The van der Waals surface area contributed by atoms with Crippen molar-refractivity contribution in [2.24, 2.45) is 0 Å². The molecule has 0 radical (unpaired) electrons. The van der Waals surface area contributed by atoms with Crippen LogP contribution in [0.5, 0.6) is 0 Å². The first-order chi connectivity index (χ1) is 8.90. The van der Waals surface area contributed by atoms with Crippen LogP contribution in [0.2, 0.25) is 0 Å². The van der Waals surface area contributed by atoms with Gasteiger partial charge in [0.25, 0.3) is 0 Å². The predicted octanol–water partition coefficient (Wildman–Crippen LogP) is 5.04. The molecule has 0 N–H and O–H groups in total. The molecule has 0 fully saturated rings. The van der Waals surface area contributed by atoms with Crippen molar-refractivity contribution in [3.05, 3.63) is 48.0 Å². The standard InChI is InChI=1S/C17H24O/c1-2-3-4-8-12-16-13-9-14-17(18-16)15-10-6-5-7-11-15/h5-7,9-11,13,16-17H,2-4,8,12,14H2,1H3/t16-,17-/m1/s1. The number of rotatable bonds is 6. The van der Waals surface area contributed by atoms with E-state index >= 15 is 0 Å². The van der Waals surface area contributed by atoms with E-state index in [1.165, 1.54) is 37.7 Å². The van der Waals surface area contributed by atoms with E-state index in [9.17, 15) is 0 Å². The second-order valence-electron chi connectivity index (χ2n) is 5.09. The van der Waals surface area contributed by atoms with Gasteiger partial charge in [0.05, 0.1) is 12.2 Å². The lowest BCUT2D eigenvalue weighted by molar-refractivity contribution is -0.000158. The van der Waals surface area contributed by atoms with Crippen LogP contribution in [0.15, 0.2) is 42.5 Å². The van der Waals surface area contributed by atoms with Crippen LogP contribution in [0.1, 0.15) is 57.1 Å². The molecule has 0 aliphatic carbocycles. The second kappa shape index (κ2) is 7.38.